The molecule has 0 spiro atoms. The molecule has 11 nitrogen and oxygen atoms in total. The zero-order chi connectivity index (χ0) is 31.2. The summed E-state index contributed by atoms with van der Waals surface area (Å²) in [7, 11) is 0. The largest absolute Gasteiger partial charge is 0.370 e. The minimum Gasteiger partial charge on any atom is -0.370 e. The molecule has 0 radical (unpaired) electrons. The highest BCUT2D eigenvalue weighted by Gasteiger charge is 2.44. The Kier molecular flexibility index (Phi) is 9.62. The lowest BCUT2D eigenvalue weighted by molar-refractivity contribution is -0.143. The van der Waals surface area contributed by atoms with Crippen LogP contribution in [0.15, 0.2) is 54.6 Å². The van der Waals surface area contributed by atoms with Crippen molar-refractivity contribution < 1.29 is 24.0 Å². The van der Waals surface area contributed by atoms with E-state index in [-0.39, 0.29) is 37.2 Å². The second-order valence-corrected chi connectivity index (χ2v) is 11.8. The van der Waals surface area contributed by atoms with E-state index >= 15 is 0 Å². The van der Waals surface area contributed by atoms with Gasteiger partial charge in [-0.2, -0.15) is 0 Å². The van der Waals surface area contributed by atoms with E-state index < -0.39 is 35.8 Å². The standard InChI is InChI=1S/C33H40N6O5/c1-20-11-13-24-22(17-20)18-27(36-24)31(42)38-26-10-6-5-9-23-12-15-28(39(23)33(26)44)32(43)37-25(14-16-29(34)40)30(41)35-19-21-7-3-2-4-8-21/h2-4,7-8,11,13,17-18,23,25-26,28,36H,5-6,9-10,12,14-16,19H2,1H3,(H2,34,40)(H,35,41)(H,37,43)(H,38,42)/t23?,25-,26-,28-/m0/s1. The average molecular weight is 601 g/mol. The monoisotopic (exact) mass is 600 g/mol. The van der Waals surface area contributed by atoms with Crippen LogP contribution >= 0.6 is 0 Å². The summed E-state index contributed by atoms with van der Waals surface area (Å²) in [6, 6.07) is 14.3. The predicted molar refractivity (Wildman–Crippen MR) is 165 cm³/mol. The third kappa shape index (κ3) is 7.27. The third-order valence-electron chi connectivity index (χ3n) is 8.59. The molecular formula is C33H40N6O5. The summed E-state index contributed by atoms with van der Waals surface area (Å²) in [4.78, 5) is 70.3. The summed E-state index contributed by atoms with van der Waals surface area (Å²) in [5.74, 6) is -2.15. The molecule has 3 aromatic rings. The lowest BCUT2D eigenvalue weighted by Crippen LogP contribution is -2.58. The first-order valence-electron chi connectivity index (χ1n) is 15.3. The fourth-order valence-corrected chi connectivity index (χ4v) is 6.26. The Morgan fingerprint density at radius 3 is 2.55 bits per heavy atom. The van der Waals surface area contributed by atoms with Gasteiger partial charge in [-0.1, -0.05) is 54.8 Å². The number of aromatic nitrogens is 1. The Morgan fingerprint density at radius 1 is 1.00 bits per heavy atom. The molecule has 2 fully saturated rings. The van der Waals surface area contributed by atoms with Gasteiger partial charge in [-0.3, -0.25) is 24.0 Å². The summed E-state index contributed by atoms with van der Waals surface area (Å²) in [6.07, 6.45) is 3.92. The van der Waals surface area contributed by atoms with Crippen LogP contribution < -0.4 is 21.7 Å². The number of hydrogen-bond donors (Lipinski definition) is 5. The molecule has 4 atom stereocenters. The highest BCUT2D eigenvalue weighted by atomic mass is 16.2. The van der Waals surface area contributed by atoms with Crippen LogP contribution in [0.3, 0.4) is 0 Å². The van der Waals surface area contributed by atoms with Gasteiger partial charge in [0.05, 0.1) is 0 Å². The Morgan fingerprint density at radius 2 is 1.77 bits per heavy atom. The molecule has 0 aliphatic carbocycles. The normalized spacial score (nSPS) is 20.7. The van der Waals surface area contributed by atoms with Crippen molar-refractivity contribution in [3.63, 3.8) is 0 Å². The number of carbonyl (C=O) groups excluding carboxylic acids is 5. The Bertz CT molecular complexity index is 1540. The van der Waals surface area contributed by atoms with E-state index in [1.807, 2.05) is 55.5 Å². The fourth-order valence-electron chi connectivity index (χ4n) is 6.26. The highest BCUT2D eigenvalue weighted by molar-refractivity contribution is 6.01. The number of carbonyl (C=O) groups is 5. The SMILES string of the molecule is Cc1ccc2[nH]c(C(=O)N[C@H]3CCCCC4CC[C@@H](C(=O)N[C@@H](CCC(N)=O)C(=O)NCc5ccccc5)N4C3=O)cc2c1. The molecule has 11 heteroatoms. The van der Waals surface area contributed by atoms with Gasteiger partial charge in [0.25, 0.3) is 5.91 Å². The van der Waals surface area contributed by atoms with E-state index in [1.54, 1.807) is 11.0 Å². The molecule has 44 heavy (non-hydrogen) atoms. The minimum atomic E-state index is -0.997. The summed E-state index contributed by atoms with van der Waals surface area (Å²) in [5, 5.41) is 9.45. The first kappa shape index (κ1) is 30.8. The Labute approximate surface area is 256 Å². The van der Waals surface area contributed by atoms with Crippen molar-refractivity contribution in [2.75, 3.05) is 0 Å². The number of benzene rings is 2. The van der Waals surface area contributed by atoms with E-state index in [1.165, 1.54) is 0 Å². The second-order valence-electron chi connectivity index (χ2n) is 11.8. The molecule has 2 aliphatic rings. The van der Waals surface area contributed by atoms with E-state index in [0.717, 1.165) is 41.3 Å². The van der Waals surface area contributed by atoms with Crippen molar-refractivity contribution in [3.8, 4) is 0 Å². The Hall–Kier alpha value is -4.67. The van der Waals surface area contributed by atoms with Gasteiger partial charge < -0.3 is 31.6 Å². The molecule has 3 heterocycles. The van der Waals surface area contributed by atoms with Crippen molar-refractivity contribution in [3.05, 3.63) is 71.4 Å². The molecular weight excluding hydrogens is 560 g/mol. The van der Waals surface area contributed by atoms with Crippen molar-refractivity contribution in [2.45, 2.75) is 89.0 Å². The van der Waals surface area contributed by atoms with E-state index in [0.29, 0.717) is 25.0 Å². The highest BCUT2D eigenvalue weighted by Crippen LogP contribution is 2.31. The first-order chi connectivity index (χ1) is 21.2. The van der Waals surface area contributed by atoms with Gasteiger partial charge in [0, 0.05) is 29.9 Å². The molecule has 2 aromatic carbocycles. The van der Waals surface area contributed by atoms with E-state index in [4.69, 9.17) is 5.73 Å². The summed E-state index contributed by atoms with van der Waals surface area (Å²) < 4.78 is 0. The van der Waals surface area contributed by atoms with Crippen molar-refractivity contribution in [1.29, 1.82) is 0 Å². The van der Waals surface area contributed by atoms with Crippen molar-refractivity contribution in [2.24, 2.45) is 5.73 Å². The molecule has 6 N–H and O–H groups in total. The topological polar surface area (TPSA) is 166 Å². The number of aromatic amines is 1. The van der Waals surface area contributed by atoms with Crippen LogP contribution in [0, 0.1) is 6.92 Å². The number of nitrogens with one attached hydrogen (secondary N) is 4. The van der Waals surface area contributed by atoms with Gasteiger partial charge in [-0.15, -0.1) is 0 Å². The van der Waals surface area contributed by atoms with Gasteiger partial charge in [-0.05, 0) is 62.8 Å². The maximum atomic E-state index is 14.0. The lowest BCUT2D eigenvalue weighted by atomic mass is 9.98. The summed E-state index contributed by atoms with van der Waals surface area (Å²) in [5.41, 5.74) is 8.52. The fraction of sp³-hybridized carbons (Fsp3) is 0.424. The minimum absolute atomic E-state index is 0.0362. The van der Waals surface area contributed by atoms with Crippen LogP contribution in [0.25, 0.3) is 10.9 Å². The number of fused-ring (bicyclic) bond motifs is 2. The molecule has 0 saturated carbocycles. The molecule has 2 aliphatic heterocycles. The number of nitrogens with two attached hydrogens (primary N) is 1. The molecule has 2 saturated heterocycles. The molecule has 5 rings (SSSR count). The number of nitrogens with zero attached hydrogens (tertiary/aromatic N) is 1. The lowest BCUT2D eigenvalue weighted by Gasteiger charge is -2.35. The maximum absolute atomic E-state index is 14.0. The summed E-state index contributed by atoms with van der Waals surface area (Å²) >= 11 is 0. The van der Waals surface area contributed by atoms with Crippen LogP contribution in [0.2, 0.25) is 0 Å². The van der Waals surface area contributed by atoms with Crippen LogP contribution in [-0.4, -0.2) is 63.6 Å². The van der Waals surface area contributed by atoms with Gasteiger partial charge in [0.1, 0.15) is 23.8 Å². The third-order valence-corrected chi connectivity index (χ3v) is 8.59. The number of hydrogen-bond acceptors (Lipinski definition) is 5. The van der Waals surface area contributed by atoms with Crippen LogP contribution in [-0.2, 0) is 25.7 Å². The number of H-pyrrole nitrogens is 1. The van der Waals surface area contributed by atoms with E-state index in [9.17, 15) is 24.0 Å². The molecule has 1 unspecified atom stereocenters. The summed E-state index contributed by atoms with van der Waals surface area (Å²) in [6.45, 7) is 2.24. The zero-order valence-corrected chi connectivity index (χ0v) is 24.9. The average Bonchev–Trinajstić information content (AvgIpc) is 3.62. The predicted octanol–water partition coefficient (Wildman–Crippen LogP) is 2.58. The molecule has 1 aromatic heterocycles. The molecule has 232 valence electrons. The number of primary amides is 1. The van der Waals surface area contributed by atoms with Gasteiger partial charge in [0.15, 0.2) is 0 Å². The van der Waals surface area contributed by atoms with Crippen molar-refractivity contribution >= 4 is 40.4 Å². The van der Waals surface area contributed by atoms with Gasteiger partial charge >= 0.3 is 0 Å². The van der Waals surface area contributed by atoms with Crippen LogP contribution in [0.4, 0.5) is 0 Å². The number of amides is 5. The first-order valence-corrected chi connectivity index (χ1v) is 15.3. The van der Waals surface area contributed by atoms with Gasteiger partial charge in [-0.25, -0.2) is 0 Å². The van der Waals surface area contributed by atoms with Gasteiger partial charge in [0.2, 0.25) is 23.6 Å². The van der Waals surface area contributed by atoms with E-state index in [2.05, 4.69) is 20.9 Å². The smallest absolute Gasteiger partial charge is 0.268 e. The van der Waals surface area contributed by atoms with Crippen LogP contribution in [0.1, 0.15) is 73.0 Å². The number of aryl methyl sites for hydroxylation is 1. The quantitative estimate of drug-likeness (QED) is 0.241. The Balaban J connectivity index is 1.28. The maximum Gasteiger partial charge on any atom is 0.268 e. The number of rotatable bonds is 10. The zero-order valence-electron chi connectivity index (χ0n) is 24.9. The second kappa shape index (κ2) is 13.7. The van der Waals surface area contributed by atoms with Crippen LogP contribution in [0.5, 0.6) is 0 Å². The molecule has 5 amide bonds. The molecule has 0 bridgehead atoms. The van der Waals surface area contributed by atoms with Crippen molar-refractivity contribution in [1.82, 2.24) is 25.8 Å².